The van der Waals surface area contributed by atoms with E-state index in [0.29, 0.717) is 36.0 Å². The van der Waals surface area contributed by atoms with Crippen molar-refractivity contribution < 1.29 is 9.53 Å². The maximum Gasteiger partial charge on any atom is 0.226 e. The lowest BCUT2D eigenvalue weighted by Gasteiger charge is -2.58. The molecular weight excluding hydrogens is 372 g/mol. The number of hydrogen-bond acceptors (Lipinski definition) is 3. The number of fused-ring (bicyclic) bond motifs is 5. The van der Waals surface area contributed by atoms with Crippen molar-refractivity contribution in [2.45, 2.75) is 59.3 Å². The summed E-state index contributed by atoms with van der Waals surface area (Å²) in [4.78, 5) is 19.1. The highest BCUT2D eigenvalue weighted by atomic mass is 16.5. The number of carbonyl (C=O) groups excluding carboxylic acids is 1. The lowest BCUT2D eigenvalue weighted by molar-refractivity contribution is -0.136. The maximum atomic E-state index is 12.5. The Morgan fingerprint density at radius 2 is 1.97 bits per heavy atom. The third-order valence-electron chi connectivity index (χ3n) is 9.03. The molecule has 3 aliphatic carbocycles. The first-order valence-electron chi connectivity index (χ1n) is 11.6. The average molecular weight is 407 g/mol. The summed E-state index contributed by atoms with van der Waals surface area (Å²) in [6, 6.07) is 4.15. The summed E-state index contributed by atoms with van der Waals surface area (Å²) in [6.07, 6.45) is 13.4. The number of carbonyl (C=O) groups is 1. The van der Waals surface area contributed by atoms with E-state index in [2.05, 4.69) is 48.9 Å². The largest absolute Gasteiger partial charge is 0.481 e. The van der Waals surface area contributed by atoms with E-state index in [1.807, 2.05) is 12.3 Å². The number of methoxy groups -OCH3 is 1. The molecule has 1 amide bonds. The van der Waals surface area contributed by atoms with Crippen LogP contribution in [0.15, 0.2) is 36.2 Å². The molecule has 5 atom stereocenters. The van der Waals surface area contributed by atoms with Gasteiger partial charge < -0.3 is 9.64 Å². The number of nitrogens with zero attached hydrogens (tertiary/aromatic N) is 2. The number of likely N-dealkylation sites (tertiary alicyclic amines) is 1. The SMILES string of the molecule is CCN1C(=O)CC[C@@]2(C)C1=CC[C@@H]1[C@@H]2CC[C@]2(C)C(c3ccc(OC)nc3)=CC[C@@H]12. The van der Waals surface area contributed by atoms with Crippen LogP contribution >= 0.6 is 0 Å². The number of allylic oxidation sites excluding steroid dienone is 4. The van der Waals surface area contributed by atoms with Gasteiger partial charge in [-0.05, 0) is 79.4 Å². The summed E-state index contributed by atoms with van der Waals surface area (Å²) in [6.45, 7) is 7.85. The molecule has 30 heavy (non-hydrogen) atoms. The Labute approximate surface area is 180 Å². The third kappa shape index (κ3) is 2.65. The van der Waals surface area contributed by atoms with Gasteiger partial charge in [0.15, 0.2) is 0 Å². The van der Waals surface area contributed by atoms with Crippen molar-refractivity contribution in [2.75, 3.05) is 13.7 Å². The molecule has 0 N–H and O–H groups in total. The highest BCUT2D eigenvalue weighted by molar-refractivity contribution is 5.80. The molecule has 4 nitrogen and oxygen atoms in total. The van der Waals surface area contributed by atoms with Crippen LogP contribution in [0.25, 0.3) is 5.57 Å². The van der Waals surface area contributed by atoms with Crippen LogP contribution in [0.4, 0.5) is 0 Å². The lowest BCUT2D eigenvalue weighted by Crippen LogP contribution is -2.53. The Morgan fingerprint density at radius 3 is 2.67 bits per heavy atom. The molecule has 4 aliphatic rings. The van der Waals surface area contributed by atoms with Gasteiger partial charge in [0.25, 0.3) is 0 Å². The molecule has 160 valence electrons. The van der Waals surface area contributed by atoms with Gasteiger partial charge in [-0.3, -0.25) is 4.79 Å². The molecule has 1 aromatic heterocycles. The highest BCUT2D eigenvalue weighted by Crippen LogP contribution is 2.66. The normalized spacial score (nSPS) is 37.7. The number of aromatic nitrogens is 1. The zero-order valence-electron chi connectivity index (χ0n) is 18.8. The van der Waals surface area contributed by atoms with Crippen LogP contribution in [-0.2, 0) is 4.79 Å². The number of piperidine rings is 1. The van der Waals surface area contributed by atoms with Gasteiger partial charge in [0.1, 0.15) is 0 Å². The van der Waals surface area contributed by atoms with Crippen LogP contribution in [0, 0.1) is 28.6 Å². The first-order chi connectivity index (χ1) is 14.4. The Balaban J connectivity index is 1.46. The molecular formula is C26H34N2O2. The van der Waals surface area contributed by atoms with E-state index in [0.717, 1.165) is 25.8 Å². The fourth-order valence-corrected chi connectivity index (χ4v) is 7.47. The molecule has 5 rings (SSSR count). The van der Waals surface area contributed by atoms with E-state index >= 15 is 0 Å². The van der Waals surface area contributed by atoms with Gasteiger partial charge in [0.2, 0.25) is 11.8 Å². The van der Waals surface area contributed by atoms with Crippen LogP contribution in [0.5, 0.6) is 5.88 Å². The van der Waals surface area contributed by atoms with Gasteiger partial charge in [-0.25, -0.2) is 4.98 Å². The van der Waals surface area contributed by atoms with Crippen molar-refractivity contribution in [1.29, 1.82) is 0 Å². The van der Waals surface area contributed by atoms with Crippen molar-refractivity contribution in [3.05, 3.63) is 41.7 Å². The van der Waals surface area contributed by atoms with Crippen molar-refractivity contribution >= 4 is 11.5 Å². The summed E-state index contributed by atoms with van der Waals surface area (Å²) in [7, 11) is 1.67. The van der Waals surface area contributed by atoms with E-state index < -0.39 is 0 Å². The zero-order chi connectivity index (χ0) is 21.1. The van der Waals surface area contributed by atoms with E-state index in [9.17, 15) is 4.79 Å². The summed E-state index contributed by atoms with van der Waals surface area (Å²) < 4.78 is 5.26. The number of rotatable bonds is 3. The number of amides is 1. The monoisotopic (exact) mass is 406 g/mol. The van der Waals surface area contributed by atoms with Crippen molar-refractivity contribution in [3.63, 3.8) is 0 Å². The zero-order valence-corrected chi connectivity index (χ0v) is 18.8. The Bertz CT molecular complexity index is 917. The molecule has 0 radical (unpaired) electrons. The summed E-state index contributed by atoms with van der Waals surface area (Å²) in [5, 5.41) is 0. The smallest absolute Gasteiger partial charge is 0.226 e. The highest BCUT2D eigenvalue weighted by Gasteiger charge is 2.57. The van der Waals surface area contributed by atoms with Crippen molar-refractivity contribution in [1.82, 2.24) is 9.88 Å². The van der Waals surface area contributed by atoms with Gasteiger partial charge in [-0.15, -0.1) is 0 Å². The van der Waals surface area contributed by atoms with E-state index in [-0.39, 0.29) is 10.8 Å². The summed E-state index contributed by atoms with van der Waals surface area (Å²) in [5.74, 6) is 3.05. The van der Waals surface area contributed by atoms with Crippen LogP contribution in [0.2, 0.25) is 0 Å². The molecule has 0 spiro atoms. The maximum absolute atomic E-state index is 12.5. The third-order valence-corrected chi connectivity index (χ3v) is 9.03. The minimum atomic E-state index is 0.151. The Morgan fingerprint density at radius 1 is 1.13 bits per heavy atom. The van der Waals surface area contributed by atoms with E-state index in [1.54, 1.807) is 7.11 Å². The second kappa shape index (κ2) is 6.96. The fourth-order valence-electron chi connectivity index (χ4n) is 7.47. The quantitative estimate of drug-likeness (QED) is 0.669. The van der Waals surface area contributed by atoms with Gasteiger partial charge in [0, 0.05) is 36.3 Å². The van der Waals surface area contributed by atoms with Crippen LogP contribution in [0.3, 0.4) is 0 Å². The van der Waals surface area contributed by atoms with Gasteiger partial charge in [0.05, 0.1) is 7.11 Å². The Kier molecular flexibility index (Phi) is 4.61. The predicted molar refractivity (Wildman–Crippen MR) is 119 cm³/mol. The average Bonchev–Trinajstić information content (AvgIpc) is 3.11. The molecule has 1 aliphatic heterocycles. The predicted octanol–water partition coefficient (Wildman–Crippen LogP) is 5.46. The summed E-state index contributed by atoms with van der Waals surface area (Å²) >= 11 is 0. The van der Waals surface area contributed by atoms with Crippen LogP contribution < -0.4 is 4.74 Å². The molecule has 0 unspecified atom stereocenters. The van der Waals surface area contributed by atoms with E-state index in [1.165, 1.54) is 29.7 Å². The van der Waals surface area contributed by atoms with Gasteiger partial charge in [-0.2, -0.15) is 0 Å². The molecule has 1 saturated heterocycles. The minimum Gasteiger partial charge on any atom is -0.481 e. The molecule has 0 aromatic carbocycles. The van der Waals surface area contributed by atoms with Crippen LogP contribution in [0.1, 0.15) is 64.9 Å². The molecule has 4 heteroatoms. The standard InChI is InChI=1S/C26H34N2O2/c1-5-28-22-10-7-18-20-9-8-19(17-6-11-23(30-4)27-16-17)25(20,2)14-12-21(18)26(22,3)15-13-24(28)29/h6,8,10-11,16,18,20-21H,5,7,9,12-15H2,1-4H3/t18-,20-,21-,25+,26+/m0/s1. The van der Waals surface area contributed by atoms with Crippen molar-refractivity contribution in [3.8, 4) is 5.88 Å². The molecule has 0 bridgehead atoms. The minimum absolute atomic E-state index is 0.151. The number of hydrogen-bond donors (Lipinski definition) is 0. The molecule has 2 fully saturated rings. The lowest BCUT2D eigenvalue weighted by atomic mass is 9.49. The molecule has 2 heterocycles. The van der Waals surface area contributed by atoms with Crippen LogP contribution in [-0.4, -0.2) is 29.4 Å². The topological polar surface area (TPSA) is 42.4 Å². The molecule has 1 aromatic rings. The van der Waals surface area contributed by atoms with Gasteiger partial charge in [-0.1, -0.05) is 26.0 Å². The number of pyridine rings is 1. The summed E-state index contributed by atoms with van der Waals surface area (Å²) in [5.41, 5.74) is 4.43. The second-order valence-electron chi connectivity index (χ2n) is 10.2. The van der Waals surface area contributed by atoms with Gasteiger partial charge >= 0.3 is 0 Å². The molecule has 1 saturated carbocycles. The second-order valence-corrected chi connectivity index (χ2v) is 10.2. The first-order valence-corrected chi connectivity index (χ1v) is 11.6. The number of ether oxygens (including phenoxy) is 1. The first kappa shape index (κ1) is 19.8. The fraction of sp³-hybridized carbons (Fsp3) is 0.615. The van der Waals surface area contributed by atoms with E-state index in [4.69, 9.17) is 4.74 Å². The Hall–Kier alpha value is -2.10. The van der Waals surface area contributed by atoms with Crippen molar-refractivity contribution in [2.24, 2.45) is 28.6 Å².